The van der Waals surface area contributed by atoms with E-state index in [1.54, 1.807) is 0 Å². The number of fused-ring (bicyclic) bond motifs is 1. The summed E-state index contributed by atoms with van der Waals surface area (Å²) in [6, 6.07) is 17.1. The molecule has 6 rings (SSSR count). The number of hydrogen-bond donors (Lipinski definition) is 2. The minimum absolute atomic E-state index is 0.0402. The number of para-hydroxylation sites is 1. The SMILES string of the molecule is O=C1CC(C(=O)NC2COC3(CCN(C(=O)C4CC(c5ccccc5)=NO4)CC3)C2)c2ccccc2N1. The molecular formula is C28H30N4O5. The molecule has 2 fully saturated rings. The molecule has 4 heterocycles. The number of likely N-dealkylation sites (tertiary alicyclic amines) is 1. The van der Waals surface area contributed by atoms with Crippen molar-refractivity contribution in [2.75, 3.05) is 25.0 Å². The first kappa shape index (κ1) is 23.7. The van der Waals surface area contributed by atoms with E-state index in [-0.39, 0.29) is 35.8 Å². The number of rotatable bonds is 4. The fourth-order valence-electron chi connectivity index (χ4n) is 5.88. The maximum atomic E-state index is 13.1. The normalized spacial score (nSPS) is 26.2. The number of anilines is 1. The third-order valence-electron chi connectivity index (χ3n) is 7.91. The van der Waals surface area contributed by atoms with Crippen LogP contribution >= 0.6 is 0 Å². The van der Waals surface area contributed by atoms with Crippen molar-refractivity contribution in [3.8, 4) is 0 Å². The topological polar surface area (TPSA) is 109 Å². The van der Waals surface area contributed by atoms with Crippen LogP contribution in [0.15, 0.2) is 59.8 Å². The van der Waals surface area contributed by atoms with Gasteiger partial charge >= 0.3 is 0 Å². The molecule has 0 aromatic heterocycles. The maximum Gasteiger partial charge on any atom is 0.266 e. The Morgan fingerprint density at radius 1 is 1.03 bits per heavy atom. The van der Waals surface area contributed by atoms with Crippen LogP contribution in [0.25, 0.3) is 0 Å². The van der Waals surface area contributed by atoms with Crippen LogP contribution in [0.5, 0.6) is 0 Å². The average molecular weight is 503 g/mol. The summed E-state index contributed by atoms with van der Waals surface area (Å²) in [6.45, 7) is 1.59. The van der Waals surface area contributed by atoms with Crippen LogP contribution in [0.2, 0.25) is 0 Å². The van der Waals surface area contributed by atoms with E-state index in [2.05, 4.69) is 15.8 Å². The van der Waals surface area contributed by atoms with Gasteiger partial charge in [0.1, 0.15) is 0 Å². The van der Waals surface area contributed by atoms with Gasteiger partial charge in [0.2, 0.25) is 17.9 Å². The van der Waals surface area contributed by atoms with Crippen LogP contribution in [0.3, 0.4) is 0 Å². The maximum absolute atomic E-state index is 13.1. The second-order valence-electron chi connectivity index (χ2n) is 10.3. The molecular weight excluding hydrogens is 472 g/mol. The first-order chi connectivity index (χ1) is 18.0. The fourth-order valence-corrected chi connectivity index (χ4v) is 5.88. The number of hydrogen-bond acceptors (Lipinski definition) is 6. The van der Waals surface area contributed by atoms with E-state index in [4.69, 9.17) is 9.57 Å². The first-order valence-electron chi connectivity index (χ1n) is 12.9. The lowest BCUT2D eigenvalue weighted by Crippen LogP contribution is -2.50. The molecule has 2 saturated heterocycles. The molecule has 192 valence electrons. The molecule has 0 saturated carbocycles. The standard InChI is InChI=1S/C28H30N4O5/c33-25-14-21(20-8-4-5-9-22(20)30-25)26(34)29-19-16-28(36-17-19)10-12-32(13-11-28)27(35)24-15-23(31-37-24)18-6-2-1-3-7-18/h1-9,19,21,24H,10-17H2,(H,29,34)(H,30,33). The lowest BCUT2D eigenvalue weighted by atomic mass is 9.86. The van der Waals surface area contributed by atoms with Crippen molar-refractivity contribution in [3.05, 3.63) is 65.7 Å². The molecule has 3 amide bonds. The van der Waals surface area contributed by atoms with Crippen LogP contribution in [0, 0.1) is 0 Å². The minimum atomic E-state index is -0.587. The first-order valence-corrected chi connectivity index (χ1v) is 12.9. The summed E-state index contributed by atoms with van der Waals surface area (Å²) >= 11 is 0. The van der Waals surface area contributed by atoms with Gasteiger partial charge in [-0.2, -0.15) is 0 Å². The molecule has 9 heteroatoms. The number of carbonyl (C=O) groups is 3. The number of piperidine rings is 1. The Morgan fingerprint density at radius 2 is 1.78 bits per heavy atom. The Labute approximate surface area is 215 Å². The van der Waals surface area contributed by atoms with Crippen molar-refractivity contribution in [2.24, 2.45) is 5.16 Å². The molecule has 0 radical (unpaired) electrons. The van der Waals surface area contributed by atoms with Crippen LogP contribution in [0.4, 0.5) is 5.69 Å². The van der Waals surface area contributed by atoms with Crippen molar-refractivity contribution in [2.45, 2.75) is 55.8 Å². The van der Waals surface area contributed by atoms with E-state index in [1.165, 1.54) is 0 Å². The van der Waals surface area contributed by atoms with Gasteiger partial charge in [-0.05, 0) is 36.5 Å². The molecule has 2 aromatic rings. The molecule has 37 heavy (non-hydrogen) atoms. The van der Waals surface area contributed by atoms with Gasteiger partial charge in [0, 0.05) is 31.6 Å². The Balaban J connectivity index is 1.01. The number of oxime groups is 1. The summed E-state index contributed by atoms with van der Waals surface area (Å²) in [7, 11) is 0. The third kappa shape index (κ3) is 4.71. The number of nitrogens with one attached hydrogen (secondary N) is 2. The molecule has 3 atom stereocenters. The summed E-state index contributed by atoms with van der Waals surface area (Å²) in [4.78, 5) is 45.7. The number of nitrogens with zero attached hydrogens (tertiary/aromatic N) is 2. The van der Waals surface area contributed by atoms with Gasteiger partial charge in [0.15, 0.2) is 0 Å². The summed E-state index contributed by atoms with van der Waals surface area (Å²) in [6.07, 6.45) is 2.13. The van der Waals surface area contributed by atoms with E-state index in [0.29, 0.717) is 51.1 Å². The van der Waals surface area contributed by atoms with Crippen molar-refractivity contribution >= 4 is 29.1 Å². The van der Waals surface area contributed by atoms with E-state index in [9.17, 15) is 14.4 Å². The molecule has 0 bridgehead atoms. The Kier molecular flexibility index (Phi) is 6.16. The quantitative estimate of drug-likeness (QED) is 0.668. The van der Waals surface area contributed by atoms with E-state index in [1.807, 2.05) is 59.5 Å². The predicted octanol–water partition coefficient (Wildman–Crippen LogP) is 2.57. The highest BCUT2D eigenvalue weighted by Crippen LogP contribution is 2.37. The van der Waals surface area contributed by atoms with Crippen LogP contribution in [-0.4, -0.2) is 65.8 Å². The van der Waals surface area contributed by atoms with Gasteiger partial charge < -0.3 is 25.1 Å². The largest absolute Gasteiger partial charge is 0.382 e. The zero-order valence-electron chi connectivity index (χ0n) is 20.5. The highest BCUT2D eigenvalue weighted by atomic mass is 16.6. The summed E-state index contributed by atoms with van der Waals surface area (Å²) in [5.74, 6) is -0.840. The monoisotopic (exact) mass is 502 g/mol. The van der Waals surface area contributed by atoms with Gasteiger partial charge in [-0.15, -0.1) is 0 Å². The van der Waals surface area contributed by atoms with Crippen molar-refractivity contribution in [3.63, 3.8) is 0 Å². The molecule has 2 N–H and O–H groups in total. The molecule has 9 nitrogen and oxygen atoms in total. The van der Waals surface area contributed by atoms with Gasteiger partial charge in [-0.3, -0.25) is 14.4 Å². The molecule has 1 spiro atoms. The van der Waals surface area contributed by atoms with Crippen molar-refractivity contribution in [1.29, 1.82) is 0 Å². The van der Waals surface area contributed by atoms with E-state index < -0.39 is 12.0 Å². The second kappa shape index (κ2) is 9.63. The van der Waals surface area contributed by atoms with Gasteiger partial charge in [-0.1, -0.05) is 53.7 Å². The predicted molar refractivity (Wildman–Crippen MR) is 136 cm³/mol. The number of amides is 3. The number of carbonyl (C=O) groups excluding carboxylic acids is 3. The lowest BCUT2D eigenvalue weighted by molar-refractivity contribution is -0.146. The van der Waals surface area contributed by atoms with Gasteiger partial charge in [0.05, 0.1) is 29.9 Å². The second-order valence-corrected chi connectivity index (χ2v) is 10.3. The molecule has 4 aliphatic rings. The molecule has 2 aromatic carbocycles. The number of benzene rings is 2. The van der Waals surface area contributed by atoms with Crippen LogP contribution in [-0.2, 0) is 24.0 Å². The van der Waals surface area contributed by atoms with Gasteiger partial charge in [-0.25, -0.2) is 0 Å². The summed E-state index contributed by atoms with van der Waals surface area (Å²) < 4.78 is 6.22. The van der Waals surface area contributed by atoms with E-state index >= 15 is 0 Å². The third-order valence-corrected chi connectivity index (χ3v) is 7.91. The Morgan fingerprint density at radius 3 is 2.59 bits per heavy atom. The minimum Gasteiger partial charge on any atom is -0.382 e. The Hall–Kier alpha value is -3.72. The van der Waals surface area contributed by atoms with Crippen LogP contribution in [0.1, 0.15) is 49.1 Å². The van der Waals surface area contributed by atoms with Crippen LogP contribution < -0.4 is 10.6 Å². The van der Waals surface area contributed by atoms with E-state index in [0.717, 1.165) is 16.8 Å². The molecule has 4 aliphatic heterocycles. The van der Waals surface area contributed by atoms with Crippen molar-refractivity contribution in [1.82, 2.24) is 10.2 Å². The van der Waals surface area contributed by atoms with Gasteiger partial charge in [0.25, 0.3) is 5.91 Å². The lowest BCUT2D eigenvalue weighted by Gasteiger charge is -2.39. The Bertz CT molecular complexity index is 1240. The molecule has 0 aliphatic carbocycles. The van der Waals surface area contributed by atoms with Crippen molar-refractivity contribution < 1.29 is 24.0 Å². The zero-order valence-corrected chi connectivity index (χ0v) is 20.5. The molecule has 3 unspecified atom stereocenters. The number of ether oxygens (including phenoxy) is 1. The average Bonchev–Trinajstić information content (AvgIpc) is 3.57. The fraction of sp³-hybridized carbons (Fsp3) is 0.429. The highest BCUT2D eigenvalue weighted by Gasteiger charge is 2.45. The smallest absolute Gasteiger partial charge is 0.266 e. The zero-order chi connectivity index (χ0) is 25.4. The summed E-state index contributed by atoms with van der Waals surface area (Å²) in [5.41, 5.74) is 2.96. The summed E-state index contributed by atoms with van der Waals surface area (Å²) in [5, 5.41) is 10.1. The highest BCUT2D eigenvalue weighted by molar-refractivity contribution is 6.04.